The number of benzene rings is 1. The second-order valence-corrected chi connectivity index (χ2v) is 6.88. The highest BCUT2D eigenvalue weighted by molar-refractivity contribution is 7.11. The zero-order chi connectivity index (χ0) is 18.8. The van der Waals surface area contributed by atoms with Crippen LogP contribution < -0.4 is 20.7 Å². The Morgan fingerprint density at radius 1 is 1.19 bits per heavy atom. The summed E-state index contributed by atoms with van der Waals surface area (Å²) in [6.45, 7) is 5.51. The first kappa shape index (κ1) is 19.8. The molecule has 1 heterocycles. The van der Waals surface area contributed by atoms with Gasteiger partial charge in [-0.25, -0.2) is 0 Å². The molecule has 3 N–H and O–H groups in total. The minimum absolute atomic E-state index is 0.101. The second-order valence-electron chi connectivity index (χ2n) is 5.63. The van der Waals surface area contributed by atoms with Crippen LogP contribution in [0.25, 0.3) is 0 Å². The van der Waals surface area contributed by atoms with Crippen molar-refractivity contribution >= 4 is 28.9 Å². The van der Waals surface area contributed by atoms with E-state index in [9.17, 15) is 4.79 Å². The summed E-state index contributed by atoms with van der Waals surface area (Å²) in [5.41, 5.74) is 0.725. The summed E-state index contributed by atoms with van der Waals surface area (Å²) in [6, 6.07) is 11.7. The van der Waals surface area contributed by atoms with Gasteiger partial charge in [-0.3, -0.25) is 9.79 Å². The van der Waals surface area contributed by atoms with Gasteiger partial charge in [-0.05, 0) is 30.7 Å². The number of amides is 1. The Labute approximate surface area is 158 Å². The summed E-state index contributed by atoms with van der Waals surface area (Å²) in [5, 5.41) is 9.26. The molecule has 0 aliphatic heterocycles. The first-order valence-corrected chi connectivity index (χ1v) is 9.45. The van der Waals surface area contributed by atoms with Crippen molar-refractivity contribution in [2.45, 2.75) is 26.8 Å². The number of nitrogens with zero attached hydrogens (tertiary/aromatic N) is 1. The number of guanidine groups is 1. The third-order valence-corrected chi connectivity index (χ3v) is 4.77. The predicted molar refractivity (Wildman–Crippen MR) is 108 cm³/mol. The van der Waals surface area contributed by atoms with Crippen LogP contribution in [0.4, 0.5) is 5.69 Å². The smallest absolute Gasteiger partial charge is 0.221 e. The molecule has 1 amide bonds. The Morgan fingerprint density at radius 3 is 2.69 bits per heavy atom. The zero-order valence-electron chi connectivity index (χ0n) is 15.5. The van der Waals surface area contributed by atoms with Gasteiger partial charge in [-0.2, -0.15) is 0 Å². The number of aliphatic imine (C=N–C) groups is 1. The third kappa shape index (κ3) is 6.76. The van der Waals surface area contributed by atoms with E-state index in [0.717, 1.165) is 24.6 Å². The van der Waals surface area contributed by atoms with Crippen LogP contribution in [0.1, 0.15) is 23.6 Å². The van der Waals surface area contributed by atoms with Crippen molar-refractivity contribution in [2.24, 2.45) is 4.99 Å². The molecule has 26 heavy (non-hydrogen) atoms. The summed E-state index contributed by atoms with van der Waals surface area (Å²) in [5.74, 6) is 1.36. The average Bonchev–Trinajstić information content (AvgIpc) is 3.09. The van der Waals surface area contributed by atoms with E-state index in [-0.39, 0.29) is 5.91 Å². The molecule has 0 spiro atoms. The number of rotatable bonds is 8. The molecule has 0 unspecified atom stereocenters. The summed E-state index contributed by atoms with van der Waals surface area (Å²) < 4.78 is 5.71. The van der Waals surface area contributed by atoms with Crippen molar-refractivity contribution < 1.29 is 9.53 Å². The van der Waals surface area contributed by atoms with Gasteiger partial charge >= 0.3 is 0 Å². The lowest BCUT2D eigenvalue weighted by Gasteiger charge is -2.12. The fraction of sp³-hybridized carbons (Fsp3) is 0.368. The van der Waals surface area contributed by atoms with Gasteiger partial charge in [0.1, 0.15) is 12.4 Å². The van der Waals surface area contributed by atoms with E-state index in [1.54, 1.807) is 13.1 Å². The first-order chi connectivity index (χ1) is 12.6. The molecule has 0 aliphatic carbocycles. The maximum atomic E-state index is 11.1. The molecule has 1 aromatic heterocycles. The van der Waals surface area contributed by atoms with E-state index < -0.39 is 0 Å². The van der Waals surface area contributed by atoms with Crippen LogP contribution in [0.2, 0.25) is 0 Å². The SMILES string of the molecule is CCc1ccc(CNC(=NC)NCCOc2cccc(NC(C)=O)c2)s1. The first-order valence-electron chi connectivity index (χ1n) is 8.63. The minimum Gasteiger partial charge on any atom is -0.492 e. The maximum Gasteiger partial charge on any atom is 0.221 e. The summed E-state index contributed by atoms with van der Waals surface area (Å²) in [7, 11) is 1.75. The van der Waals surface area contributed by atoms with E-state index in [4.69, 9.17) is 4.74 Å². The van der Waals surface area contributed by atoms with Gasteiger partial charge in [0.05, 0.1) is 13.1 Å². The van der Waals surface area contributed by atoms with Gasteiger partial charge in [-0.1, -0.05) is 13.0 Å². The molecule has 7 heteroatoms. The molecular formula is C19H26N4O2S. The van der Waals surface area contributed by atoms with Gasteiger partial charge in [0.15, 0.2) is 5.96 Å². The highest BCUT2D eigenvalue weighted by atomic mass is 32.1. The van der Waals surface area contributed by atoms with Crippen LogP contribution in [0, 0.1) is 0 Å². The van der Waals surface area contributed by atoms with Crippen LogP contribution in [0.3, 0.4) is 0 Å². The predicted octanol–water partition coefficient (Wildman–Crippen LogP) is 3.01. The molecule has 0 saturated heterocycles. The second kappa shape index (κ2) is 10.5. The van der Waals surface area contributed by atoms with Gasteiger partial charge in [-0.15, -0.1) is 11.3 Å². The summed E-state index contributed by atoms with van der Waals surface area (Å²) in [6.07, 6.45) is 1.07. The number of anilines is 1. The van der Waals surface area contributed by atoms with Gasteiger partial charge in [0, 0.05) is 35.5 Å². The zero-order valence-corrected chi connectivity index (χ0v) is 16.3. The molecule has 0 radical (unpaired) electrons. The average molecular weight is 375 g/mol. The van der Waals surface area contributed by atoms with E-state index >= 15 is 0 Å². The van der Waals surface area contributed by atoms with Crippen LogP contribution in [-0.2, 0) is 17.8 Å². The standard InChI is InChI=1S/C19H26N4O2S/c1-4-17-8-9-18(26-17)13-22-19(20-3)21-10-11-25-16-7-5-6-15(12-16)23-14(2)24/h5-9,12H,4,10-11,13H2,1-3H3,(H,23,24)(H2,20,21,22). The monoisotopic (exact) mass is 374 g/mol. The Morgan fingerprint density at radius 2 is 2.00 bits per heavy atom. The molecule has 0 bridgehead atoms. The molecule has 2 aromatic rings. The number of thiophene rings is 1. The summed E-state index contributed by atoms with van der Waals surface area (Å²) >= 11 is 1.82. The van der Waals surface area contributed by atoms with Crippen LogP contribution in [0.5, 0.6) is 5.75 Å². The van der Waals surface area contributed by atoms with E-state index in [2.05, 4.69) is 40.0 Å². The molecular weight excluding hydrogens is 348 g/mol. The van der Waals surface area contributed by atoms with Crippen LogP contribution in [0.15, 0.2) is 41.4 Å². The van der Waals surface area contributed by atoms with Gasteiger partial charge in [0.25, 0.3) is 0 Å². The molecule has 0 aliphatic rings. The molecule has 6 nitrogen and oxygen atoms in total. The van der Waals surface area contributed by atoms with Crippen molar-refractivity contribution in [3.05, 3.63) is 46.2 Å². The lowest BCUT2D eigenvalue weighted by atomic mass is 10.3. The number of ether oxygens (including phenoxy) is 1. The van der Waals surface area contributed by atoms with Gasteiger partial charge in [0.2, 0.25) is 5.91 Å². The number of hydrogen-bond acceptors (Lipinski definition) is 4. The maximum absolute atomic E-state index is 11.1. The highest BCUT2D eigenvalue weighted by Gasteiger charge is 2.02. The van der Waals surface area contributed by atoms with Crippen molar-refractivity contribution in [1.29, 1.82) is 0 Å². The van der Waals surface area contributed by atoms with Crippen molar-refractivity contribution in [3.63, 3.8) is 0 Å². The lowest BCUT2D eigenvalue weighted by molar-refractivity contribution is -0.114. The van der Waals surface area contributed by atoms with E-state index in [1.165, 1.54) is 16.7 Å². The van der Waals surface area contributed by atoms with E-state index in [1.807, 2.05) is 29.5 Å². The van der Waals surface area contributed by atoms with E-state index in [0.29, 0.717) is 18.9 Å². The van der Waals surface area contributed by atoms with Crippen LogP contribution >= 0.6 is 11.3 Å². The largest absolute Gasteiger partial charge is 0.492 e. The Balaban J connectivity index is 1.71. The minimum atomic E-state index is -0.101. The van der Waals surface area contributed by atoms with Crippen molar-refractivity contribution in [2.75, 3.05) is 25.5 Å². The summed E-state index contributed by atoms with van der Waals surface area (Å²) in [4.78, 5) is 18.0. The number of hydrogen-bond donors (Lipinski definition) is 3. The molecule has 0 atom stereocenters. The normalized spacial score (nSPS) is 11.1. The van der Waals surface area contributed by atoms with Gasteiger partial charge < -0.3 is 20.7 Å². The Kier molecular flexibility index (Phi) is 7.95. The lowest BCUT2D eigenvalue weighted by Crippen LogP contribution is -2.38. The molecule has 0 saturated carbocycles. The Bertz CT molecular complexity index is 743. The van der Waals surface area contributed by atoms with Crippen molar-refractivity contribution in [1.82, 2.24) is 10.6 Å². The topological polar surface area (TPSA) is 74.8 Å². The number of carbonyl (C=O) groups is 1. The van der Waals surface area contributed by atoms with Crippen molar-refractivity contribution in [3.8, 4) is 5.75 Å². The molecule has 1 aromatic carbocycles. The Hall–Kier alpha value is -2.54. The molecule has 0 fully saturated rings. The molecule has 2 rings (SSSR count). The third-order valence-electron chi connectivity index (χ3n) is 3.54. The number of nitrogens with one attached hydrogen (secondary N) is 3. The highest BCUT2D eigenvalue weighted by Crippen LogP contribution is 2.17. The number of carbonyl (C=O) groups excluding carboxylic acids is 1. The number of aryl methyl sites for hydroxylation is 1. The fourth-order valence-corrected chi connectivity index (χ4v) is 3.20. The van der Waals surface area contributed by atoms with Crippen LogP contribution in [-0.4, -0.2) is 32.1 Å². The quantitative estimate of drug-likeness (QED) is 0.377. The fourth-order valence-electron chi connectivity index (χ4n) is 2.30. The molecule has 140 valence electrons.